The van der Waals surface area contributed by atoms with Gasteiger partial charge in [0.1, 0.15) is 5.75 Å². The standard InChI is InChI=1S/C16H13F3N2O4/c1-10-13(6-3-7-14(10)21(23)24)20-15(22)9-25-12-5-2-4-11(8-12)16(17,18)19/h2-8H,9H2,1H3,(H,20,22). The maximum atomic E-state index is 12.6. The molecular formula is C16H13F3N2O4. The van der Waals surface area contributed by atoms with Gasteiger partial charge in [-0.3, -0.25) is 14.9 Å². The van der Waals surface area contributed by atoms with Gasteiger partial charge in [0.2, 0.25) is 0 Å². The molecule has 1 N–H and O–H groups in total. The number of amides is 1. The van der Waals surface area contributed by atoms with Gasteiger partial charge in [-0.2, -0.15) is 13.2 Å². The van der Waals surface area contributed by atoms with E-state index in [9.17, 15) is 28.1 Å². The van der Waals surface area contributed by atoms with Crippen molar-refractivity contribution >= 4 is 17.3 Å². The number of nitrogens with zero attached hydrogens (tertiary/aromatic N) is 1. The summed E-state index contributed by atoms with van der Waals surface area (Å²) < 4.78 is 42.9. The molecule has 2 aromatic rings. The number of rotatable bonds is 5. The third kappa shape index (κ3) is 4.69. The highest BCUT2D eigenvalue weighted by atomic mass is 19.4. The van der Waals surface area contributed by atoms with E-state index in [1.807, 2.05) is 0 Å². The summed E-state index contributed by atoms with van der Waals surface area (Å²) >= 11 is 0. The normalized spacial score (nSPS) is 11.0. The highest BCUT2D eigenvalue weighted by Crippen LogP contribution is 2.31. The molecule has 6 nitrogen and oxygen atoms in total. The zero-order valence-corrected chi connectivity index (χ0v) is 13.0. The molecule has 0 aliphatic carbocycles. The van der Waals surface area contributed by atoms with Gasteiger partial charge in [-0.15, -0.1) is 0 Å². The predicted molar refractivity (Wildman–Crippen MR) is 83.4 cm³/mol. The summed E-state index contributed by atoms with van der Waals surface area (Å²) in [6, 6.07) is 8.32. The topological polar surface area (TPSA) is 81.5 Å². The Balaban J connectivity index is 2.03. The molecule has 9 heteroatoms. The minimum atomic E-state index is -4.51. The Hall–Kier alpha value is -3.10. The summed E-state index contributed by atoms with van der Waals surface area (Å²) in [6.07, 6.45) is -4.51. The summed E-state index contributed by atoms with van der Waals surface area (Å²) in [5.74, 6) is -0.762. The molecule has 0 unspecified atom stereocenters. The summed E-state index contributed by atoms with van der Waals surface area (Å²) in [5, 5.41) is 13.3. The SMILES string of the molecule is Cc1c(NC(=O)COc2cccc(C(F)(F)F)c2)cccc1[N+](=O)[O-]. The van der Waals surface area contributed by atoms with Crippen LogP contribution in [0.2, 0.25) is 0 Å². The molecule has 0 fully saturated rings. The number of carbonyl (C=O) groups excluding carboxylic acids is 1. The number of anilines is 1. The summed E-state index contributed by atoms with van der Waals surface area (Å²) in [6.45, 7) is 0.935. The van der Waals surface area contributed by atoms with E-state index in [2.05, 4.69) is 5.32 Å². The van der Waals surface area contributed by atoms with E-state index in [0.29, 0.717) is 0 Å². The fourth-order valence-electron chi connectivity index (χ4n) is 2.05. The smallest absolute Gasteiger partial charge is 0.416 e. The molecule has 0 aliphatic rings. The van der Waals surface area contributed by atoms with Gasteiger partial charge in [0, 0.05) is 6.07 Å². The third-order valence-corrected chi connectivity index (χ3v) is 3.31. The zero-order chi connectivity index (χ0) is 18.6. The van der Waals surface area contributed by atoms with E-state index < -0.39 is 29.2 Å². The second kappa shape index (κ2) is 7.20. The lowest BCUT2D eigenvalue weighted by Gasteiger charge is -2.11. The van der Waals surface area contributed by atoms with E-state index in [1.54, 1.807) is 0 Å². The van der Waals surface area contributed by atoms with E-state index in [0.717, 1.165) is 12.1 Å². The van der Waals surface area contributed by atoms with Gasteiger partial charge in [-0.05, 0) is 31.2 Å². The van der Waals surface area contributed by atoms with Gasteiger partial charge in [0.25, 0.3) is 11.6 Å². The molecule has 0 radical (unpaired) electrons. The Labute approximate surface area is 140 Å². The molecular weight excluding hydrogens is 341 g/mol. The number of hydrogen-bond acceptors (Lipinski definition) is 4. The minimum Gasteiger partial charge on any atom is -0.484 e. The number of nitrogens with one attached hydrogen (secondary N) is 1. The highest BCUT2D eigenvalue weighted by Gasteiger charge is 2.30. The second-order valence-corrected chi connectivity index (χ2v) is 5.07. The first-order valence-corrected chi connectivity index (χ1v) is 7.02. The Morgan fingerprint density at radius 2 is 1.92 bits per heavy atom. The Morgan fingerprint density at radius 3 is 2.56 bits per heavy atom. The Bertz CT molecular complexity index is 806. The fraction of sp³-hybridized carbons (Fsp3) is 0.188. The average Bonchev–Trinajstić information content (AvgIpc) is 2.54. The molecule has 132 valence electrons. The van der Waals surface area contributed by atoms with Crippen molar-refractivity contribution in [2.75, 3.05) is 11.9 Å². The fourth-order valence-corrected chi connectivity index (χ4v) is 2.05. The molecule has 1 amide bonds. The number of hydrogen-bond donors (Lipinski definition) is 1. The number of nitro benzene ring substituents is 1. The lowest BCUT2D eigenvalue weighted by atomic mass is 10.1. The molecule has 0 saturated heterocycles. The number of benzene rings is 2. The van der Waals surface area contributed by atoms with Gasteiger partial charge >= 0.3 is 6.18 Å². The summed E-state index contributed by atoms with van der Waals surface area (Å²) in [5.41, 5.74) is -0.553. The largest absolute Gasteiger partial charge is 0.484 e. The second-order valence-electron chi connectivity index (χ2n) is 5.07. The van der Waals surface area contributed by atoms with E-state index in [4.69, 9.17) is 4.74 Å². The first kappa shape index (κ1) is 18.2. The molecule has 0 spiro atoms. The number of nitro groups is 1. The van der Waals surface area contributed by atoms with Crippen LogP contribution in [0, 0.1) is 17.0 Å². The van der Waals surface area contributed by atoms with Gasteiger partial charge in [0.05, 0.1) is 21.7 Å². The maximum absolute atomic E-state index is 12.6. The number of ether oxygens (including phenoxy) is 1. The lowest BCUT2D eigenvalue weighted by Crippen LogP contribution is -2.21. The van der Waals surface area contributed by atoms with Gasteiger partial charge in [0.15, 0.2) is 6.61 Å². The quantitative estimate of drug-likeness (QED) is 0.651. The third-order valence-electron chi connectivity index (χ3n) is 3.31. The van der Waals surface area contributed by atoms with Crippen LogP contribution >= 0.6 is 0 Å². The molecule has 25 heavy (non-hydrogen) atoms. The predicted octanol–water partition coefficient (Wildman–Crippen LogP) is 3.94. The average molecular weight is 354 g/mol. The van der Waals surface area contributed by atoms with E-state index in [-0.39, 0.29) is 22.7 Å². The first-order valence-electron chi connectivity index (χ1n) is 7.02. The van der Waals surface area contributed by atoms with Crippen LogP contribution in [0.3, 0.4) is 0 Å². The van der Waals surface area contributed by atoms with Crippen molar-refractivity contribution in [1.29, 1.82) is 0 Å². The van der Waals surface area contributed by atoms with Crippen LogP contribution in [-0.4, -0.2) is 17.4 Å². The van der Waals surface area contributed by atoms with Crippen molar-refractivity contribution in [3.63, 3.8) is 0 Å². The van der Waals surface area contributed by atoms with Crippen molar-refractivity contribution in [1.82, 2.24) is 0 Å². The van der Waals surface area contributed by atoms with Gasteiger partial charge in [-0.25, -0.2) is 0 Å². The van der Waals surface area contributed by atoms with E-state index in [1.165, 1.54) is 37.3 Å². The van der Waals surface area contributed by atoms with Crippen molar-refractivity contribution in [2.45, 2.75) is 13.1 Å². The zero-order valence-electron chi connectivity index (χ0n) is 13.0. The number of alkyl halides is 3. The molecule has 2 rings (SSSR count). The van der Waals surface area contributed by atoms with Crippen LogP contribution in [0.4, 0.5) is 24.5 Å². The number of halogens is 3. The van der Waals surface area contributed by atoms with Crippen LogP contribution in [0.15, 0.2) is 42.5 Å². The Kier molecular flexibility index (Phi) is 5.26. The molecule has 0 atom stereocenters. The minimum absolute atomic E-state index is 0.110. The Morgan fingerprint density at radius 1 is 1.24 bits per heavy atom. The lowest BCUT2D eigenvalue weighted by molar-refractivity contribution is -0.385. The first-order chi connectivity index (χ1) is 11.7. The van der Waals surface area contributed by atoms with Crippen molar-refractivity contribution < 1.29 is 27.6 Å². The van der Waals surface area contributed by atoms with Crippen molar-refractivity contribution in [3.05, 3.63) is 63.7 Å². The van der Waals surface area contributed by atoms with Gasteiger partial charge in [-0.1, -0.05) is 12.1 Å². The summed E-state index contributed by atoms with van der Waals surface area (Å²) in [4.78, 5) is 22.2. The molecule has 0 heterocycles. The van der Waals surface area contributed by atoms with E-state index >= 15 is 0 Å². The highest BCUT2D eigenvalue weighted by molar-refractivity contribution is 5.93. The number of carbonyl (C=O) groups is 1. The molecule has 0 saturated carbocycles. The van der Waals surface area contributed by atoms with Crippen molar-refractivity contribution in [2.24, 2.45) is 0 Å². The maximum Gasteiger partial charge on any atom is 0.416 e. The van der Waals surface area contributed by atoms with Crippen LogP contribution in [-0.2, 0) is 11.0 Å². The van der Waals surface area contributed by atoms with Crippen LogP contribution in [0.5, 0.6) is 5.75 Å². The summed E-state index contributed by atoms with van der Waals surface area (Å²) in [7, 11) is 0. The molecule has 0 bridgehead atoms. The van der Waals surface area contributed by atoms with Crippen molar-refractivity contribution in [3.8, 4) is 5.75 Å². The van der Waals surface area contributed by atoms with Crippen LogP contribution in [0.25, 0.3) is 0 Å². The molecule has 2 aromatic carbocycles. The van der Waals surface area contributed by atoms with Crippen LogP contribution in [0.1, 0.15) is 11.1 Å². The monoisotopic (exact) mass is 354 g/mol. The molecule has 0 aromatic heterocycles. The molecule has 0 aliphatic heterocycles. The van der Waals surface area contributed by atoms with Crippen LogP contribution < -0.4 is 10.1 Å². The van der Waals surface area contributed by atoms with Gasteiger partial charge < -0.3 is 10.1 Å².